The topological polar surface area (TPSA) is 72.8 Å². The fraction of sp³-hybridized carbons (Fsp3) is 0.235. The van der Waals surface area contributed by atoms with E-state index in [-0.39, 0.29) is 5.69 Å². The molecule has 0 aliphatic rings. The van der Waals surface area contributed by atoms with Crippen molar-refractivity contribution < 1.29 is 4.74 Å². The van der Waals surface area contributed by atoms with Crippen LogP contribution in [0.3, 0.4) is 0 Å². The molecule has 0 saturated carbocycles. The summed E-state index contributed by atoms with van der Waals surface area (Å²) in [5.41, 5.74) is 3.97. The highest BCUT2D eigenvalue weighted by molar-refractivity contribution is 5.34. The van der Waals surface area contributed by atoms with Gasteiger partial charge in [0.25, 0.3) is 0 Å². The summed E-state index contributed by atoms with van der Waals surface area (Å²) in [5.74, 6) is 1.10. The van der Waals surface area contributed by atoms with Gasteiger partial charge in [-0.3, -0.25) is 0 Å². The van der Waals surface area contributed by atoms with Gasteiger partial charge in [0.15, 0.2) is 0 Å². The largest absolute Gasteiger partial charge is 0.473 e. The van der Waals surface area contributed by atoms with Gasteiger partial charge >= 0.3 is 5.69 Å². The summed E-state index contributed by atoms with van der Waals surface area (Å²) in [6, 6.07) is 9.68. The molecule has 0 aliphatic carbocycles. The van der Waals surface area contributed by atoms with E-state index in [4.69, 9.17) is 4.74 Å². The number of hydrogen-bond donors (Lipinski definition) is 1. The number of aryl methyl sites for hydroxylation is 2. The van der Waals surface area contributed by atoms with Crippen molar-refractivity contribution in [3.63, 3.8) is 0 Å². The third kappa shape index (κ3) is 3.01. The normalized spacial score (nSPS) is 10.7. The molecule has 3 rings (SSSR count). The first-order chi connectivity index (χ1) is 11.1. The lowest BCUT2D eigenvalue weighted by Gasteiger charge is -2.10. The quantitative estimate of drug-likeness (QED) is 0.803. The Labute approximate surface area is 133 Å². The lowest BCUT2D eigenvalue weighted by atomic mass is 10.0. The van der Waals surface area contributed by atoms with Crippen LogP contribution in [-0.2, 0) is 6.61 Å². The van der Waals surface area contributed by atoms with Crippen molar-refractivity contribution in [2.45, 2.75) is 27.4 Å². The van der Waals surface area contributed by atoms with Crippen molar-refractivity contribution in [2.75, 3.05) is 0 Å². The molecule has 0 aliphatic heterocycles. The van der Waals surface area contributed by atoms with Crippen LogP contribution in [0.1, 0.15) is 22.5 Å². The fourth-order valence-electron chi connectivity index (χ4n) is 2.39. The number of pyridine rings is 1. The standard InChI is InChI=1S/C17H18N4O2/c1-11-5-4-6-14(12(11)2)10-23-16-8-7-15(9-18-16)21-13(3)19-20-17(21)22/h4-9H,10H2,1-3H3,(H,20,22). The molecule has 0 saturated heterocycles. The summed E-state index contributed by atoms with van der Waals surface area (Å²) in [4.78, 5) is 16.0. The van der Waals surface area contributed by atoms with Gasteiger partial charge in [-0.1, -0.05) is 18.2 Å². The summed E-state index contributed by atoms with van der Waals surface area (Å²) in [7, 11) is 0. The average molecular weight is 310 g/mol. The van der Waals surface area contributed by atoms with Gasteiger partial charge in [0.1, 0.15) is 12.4 Å². The number of aromatic nitrogens is 4. The third-order valence-corrected chi connectivity index (χ3v) is 3.91. The molecule has 6 nitrogen and oxygen atoms in total. The third-order valence-electron chi connectivity index (χ3n) is 3.91. The number of ether oxygens (including phenoxy) is 1. The second kappa shape index (κ2) is 6.08. The molecule has 1 aromatic carbocycles. The Balaban J connectivity index is 1.76. The van der Waals surface area contributed by atoms with Crippen molar-refractivity contribution in [1.82, 2.24) is 19.7 Å². The Morgan fingerprint density at radius 2 is 2.00 bits per heavy atom. The number of H-pyrrole nitrogens is 1. The number of hydrogen-bond acceptors (Lipinski definition) is 4. The second-order valence-corrected chi connectivity index (χ2v) is 5.41. The van der Waals surface area contributed by atoms with Crippen LogP contribution in [0.5, 0.6) is 5.88 Å². The zero-order valence-corrected chi connectivity index (χ0v) is 13.3. The summed E-state index contributed by atoms with van der Waals surface area (Å²) in [6.45, 7) is 6.38. The molecule has 1 N–H and O–H groups in total. The highest BCUT2D eigenvalue weighted by atomic mass is 16.5. The Morgan fingerprint density at radius 1 is 1.17 bits per heavy atom. The number of nitrogens with one attached hydrogen (secondary N) is 1. The molecule has 0 unspecified atom stereocenters. The van der Waals surface area contributed by atoms with Gasteiger partial charge in [0.2, 0.25) is 5.88 Å². The maximum absolute atomic E-state index is 11.7. The van der Waals surface area contributed by atoms with Gasteiger partial charge in [0.05, 0.1) is 11.9 Å². The Hall–Kier alpha value is -2.89. The molecule has 0 atom stereocenters. The van der Waals surface area contributed by atoms with Crippen molar-refractivity contribution >= 4 is 0 Å². The van der Waals surface area contributed by atoms with E-state index in [0.29, 0.717) is 24.0 Å². The van der Waals surface area contributed by atoms with E-state index in [9.17, 15) is 4.79 Å². The van der Waals surface area contributed by atoms with Gasteiger partial charge in [-0.05, 0) is 43.5 Å². The smallest absolute Gasteiger partial charge is 0.347 e. The summed E-state index contributed by atoms with van der Waals surface area (Å²) < 4.78 is 7.20. The van der Waals surface area contributed by atoms with E-state index in [0.717, 1.165) is 5.56 Å². The summed E-state index contributed by atoms with van der Waals surface area (Å²) in [6.07, 6.45) is 1.60. The van der Waals surface area contributed by atoms with Crippen LogP contribution < -0.4 is 10.4 Å². The van der Waals surface area contributed by atoms with Gasteiger partial charge in [-0.2, -0.15) is 5.10 Å². The van der Waals surface area contributed by atoms with Crippen LogP contribution in [0.25, 0.3) is 5.69 Å². The number of aromatic amines is 1. The van der Waals surface area contributed by atoms with Gasteiger partial charge in [-0.25, -0.2) is 19.4 Å². The predicted molar refractivity (Wildman–Crippen MR) is 87.0 cm³/mol. The lowest BCUT2D eigenvalue weighted by molar-refractivity contribution is 0.293. The van der Waals surface area contributed by atoms with Crippen LogP contribution in [0.15, 0.2) is 41.3 Å². The molecule has 6 heteroatoms. The molecule has 0 bridgehead atoms. The van der Waals surface area contributed by atoms with E-state index < -0.39 is 0 Å². The molecule has 2 heterocycles. The van der Waals surface area contributed by atoms with E-state index in [1.165, 1.54) is 15.7 Å². The molecule has 2 aromatic heterocycles. The monoisotopic (exact) mass is 310 g/mol. The molecule has 0 radical (unpaired) electrons. The van der Waals surface area contributed by atoms with Crippen molar-refractivity contribution in [1.29, 1.82) is 0 Å². The first-order valence-electron chi connectivity index (χ1n) is 7.34. The van der Waals surface area contributed by atoms with Crippen molar-refractivity contribution in [2.24, 2.45) is 0 Å². The van der Waals surface area contributed by atoms with E-state index >= 15 is 0 Å². The van der Waals surface area contributed by atoms with Gasteiger partial charge < -0.3 is 4.74 Å². The minimum atomic E-state index is -0.284. The molecule has 3 aromatic rings. The first kappa shape index (κ1) is 15.0. The minimum absolute atomic E-state index is 0.284. The Morgan fingerprint density at radius 3 is 2.65 bits per heavy atom. The minimum Gasteiger partial charge on any atom is -0.473 e. The van der Waals surface area contributed by atoms with E-state index in [2.05, 4.69) is 35.1 Å². The van der Waals surface area contributed by atoms with Gasteiger partial charge in [-0.15, -0.1) is 0 Å². The van der Waals surface area contributed by atoms with Crippen LogP contribution in [0.4, 0.5) is 0 Å². The number of rotatable bonds is 4. The maximum atomic E-state index is 11.7. The highest BCUT2D eigenvalue weighted by Gasteiger charge is 2.07. The lowest BCUT2D eigenvalue weighted by Crippen LogP contribution is -2.16. The molecule has 118 valence electrons. The molecule has 0 spiro atoms. The van der Waals surface area contributed by atoms with Gasteiger partial charge in [0, 0.05) is 6.07 Å². The Kier molecular flexibility index (Phi) is 3.97. The van der Waals surface area contributed by atoms with Crippen molar-refractivity contribution in [3.05, 3.63) is 69.5 Å². The fourth-order valence-corrected chi connectivity index (χ4v) is 2.39. The first-order valence-corrected chi connectivity index (χ1v) is 7.34. The SMILES string of the molecule is Cc1cccc(COc2ccc(-n3c(C)n[nH]c3=O)cn2)c1C. The van der Waals surface area contributed by atoms with E-state index in [1.807, 2.05) is 12.1 Å². The average Bonchev–Trinajstić information content (AvgIpc) is 2.88. The van der Waals surface area contributed by atoms with Crippen LogP contribution in [0.2, 0.25) is 0 Å². The molecule has 23 heavy (non-hydrogen) atoms. The molecule has 0 amide bonds. The summed E-state index contributed by atoms with van der Waals surface area (Å²) >= 11 is 0. The number of nitrogens with zero attached hydrogens (tertiary/aromatic N) is 3. The second-order valence-electron chi connectivity index (χ2n) is 5.41. The predicted octanol–water partition coefficient (Wildman–Crippen LogP) is 2.46. The zero-order chi connectivity index (χ0) is 16.4. The zero-order valence-electron chi connectivity index (χ0n) is 13.3. The molecular formula is C17H18N4O2. The Bertz CT molecular complexity index is 878. The highest BCUT2D eigenvalue weighted by Crippen LogP contribution is 2.16. The van der Waals surface area contributed by atoms with Crippen LogP contribution in [0, 0.1) is 20.8 Å². The van der Waals surface area contributed by atoms with E-state index in [1.54, 1.807) is 25.3 Å². The molecular weight excluding hydrogens is 292 g/mol. The van der Waals surface area contributed by atoms with Crippen molar-refractivity contribution in [3.8, 4) is 11.6 Å². The maximum Gasteiger partial charge on any atom is 0.347 e. The number of benzene rings is 1. The van der Waals surface area contributed by atoms with Crippen LogP contribution >= 0.6 is 0 Å². The molecule has 0 fully saturated rings. The van der Waals surface area contributed by atoms with Crippen LogP contribution in [-0.4, -0.2) is 19.7 Å². The summed E-state index contributed by atoms with van der Waals surface area (Å²) in [5, 5.41) is 6.28.